The van der Waals surface area contributed by atoms with Crippen molar-refractivity contribution in [1.82, 2.24) is 9.62 Å². The number of aryl methyl sites for hydroxylation is 1. The summed E-state index contributed by atoms with van der Waals surface area (Å²) in [6, 6.07) is 6.44. The standard InChI is InChI=1S/C15H23ClN2O2S/c1-3-18(21(2,19)20)10-4-9-17-15-8-5-12-11-13(16)6-7-14(12)15/h6-7,11,15,17H,3-5,8-10H2,1-2H3. The van der Waals surface area contributed by atoms with Gasteiger partial charge in [-0.1, -0.05) is 24.6 Å². The van der Waals surface area contributed by atoms with Crippen LogP contribution in [0.5, 0.6) is 0 Å². The second kappa shape index (κ2) is 7.09. The lowest BCUT2D eigenvalue weighted by Gasteiger charge is -2.19. The van der Waals surface area contributed by atoms with Gasteiger partial charge >= 0.3 is 0 Å². The molecule has 0 aromatic heterocycles. The Labute approximate surface area is 132 Å². The minimum absolute atomic E-state index is 0.366. The average Bonchev–Trinajstić information content (AvgIpc) is 2.79. The number of halogens is 1. The summed E-state index contributed by atoms with van der Waals surface area (Å²) in [4.78, 5) is 0. The summed E-state index contributed by atoms with van der Waals surface area (Å²) in [6.45, 7) is 3.79. The molecule has 0 aliphatic heterocycles. The molecule has 0 fully saturated rings. The first-order chi connectivity index (χ1) is 9.91. The van der Waals surface area contributed by atoms with Crippen molar-refractivity contribution >= 4 is 21.6 Å². The van der Waals surface area contributed by atoms with Crippen molar-refractivity contribution in [2.24, 2.45) is 0 Å². The second-order valence-corrected chi connectivity index (χ2v) is 7.92. The van der Waals surface area contributed by atoms with Gasteiger partial charge in [-0.15, -0.1) is 0 Å². The average molecular weight is 331 g/mol. The van der Waals surface area contributed by atoms with Gasteiger partial charge in [0.2, 0.25) is 10.0 Å². The fourth-order valence-corrected chi connectivity index (χ4v) is 4.01. The third kappa shape index (κ3) is 4.42. The molecule has 0 saturated heterocycles. The van der Waals surface area contributed by atoms with E-state index >= 15 is 0 Å². The van der Waals surface area contributed by atoms with Crippen LogP contribution in [0.15, 0.2) is 18.2 Å². The first-order valence-corrected chi connectivity index (χ1v) is 9.61. The van der Waals surface area contributed by atoms with E-state index in [1.165, 1.54) is 21.7 Å². The molecule has 118 valence electrons. The SMILES string of the molecule is CCN(CCCNC1CCc2cc(Cl)ccc21)S(C)(=O)=O. The molecule has 1 aromatic carbocycles. The summed E-state index contributed by atoms with van der Waals surface area (Å²) < 4.78 is 24.5. The van der Waals surface area contributed by atoms with Crippen molar-refractivity contribution in [2.75, 3.05) is 25.9 Å². The van der Waals surface area contributed by atoms with Crippen LogP contribution in [0.3, 0.4) is 0 Å². The minimum atomic E-state index is -3.08. The predicted molar refractivity (Wildman–Crippen MR) is 87.2 cm³/mol. The van der Waals surface area contributed by atoms with E-state index in [1.807, 2.05) is 19.1 Å². The molecule has 0 spiro atoms. The van der Waals surface area contributed by atoms with Crippen LogP contribution in [0.25, 0.3) is 0 Å². The molecule has 0 bridgehead atoms. The van der Waals surface area contributed by atoms with Gasteiger partial charge in [0.15, 0.2) is 0 Å². The summed E-state index contributed by atoms with van der Waals surface area (Å²) in [5.74, 6) is 0. The molecular formula is C15H23ClN2O2S. The molecule has 6 heteroatoms. The number of fused-ring (bicyclic) bond motifs is 1. The number of rotatable bonds is 7. The summed E-state index contributed by atoms with van der Waals surface area (Å²) in [5.41, 5.74) is 2.65. The maximum Gasteiger partial charge on any atom is 0.211 e. The number of hydrogen-bond acceptors (Lipinski definition) is 3. The normalized spacial score (nSPS) is 18.2. The highest BCUT2D eigenvalue weighted by Crippen LogP contribution is 2.32. The van der Waals surface area contributed by atoms with E-state index < -0.39 is 10.0 Å². The highest BCUT2D eigenvalue weighted by Gasteiger charge is 2.22. The van der Waals surface area contributed by atoms with Gasteiger partial charge < -0.3 is 5.32 Å². The summed E-state index contributed by atoms with van der Waals surface area (Å²) in [6.07, 6.45) is 4.22. The van der Waals surface area contributed by atoms with Crippen molar-refractivity contribution in [3.8, 4) is 0 Å². The third-order valence-electron chi connectivity index (χ3n) is 3.98. The van der Waals surface area contributed by atoms with Gasteiger partial charge in [-0.3, -0.25) is 0 Å². The smallest absolute Gasteiger partial charge is 0.211 e. The van der Waals surface area contributed by atoms with Gasteiger partial charge in [0.1, 0.15) is 0 Å². The van der Waals surface area contributed by atoms with Crippen LogP contribution in [0.4, 0.5) is 0 Å². The number of benzene rings is 1. The van der Waals surface area contributed by atoms with Crippen molar-refractivity contribution < 1.29 is 8.42 Å². The van der Waals surface area contributed by atoms with Crippen LogP contribution < -0.4 is 5.32 Å². The molecule has 0 amide bonds. The molecule has 1 N–H and O–H groups in total. The Bertz CT molecular complexity index is 589. The second-order valence-electron chi connectivity index (χ2n) is 5.50. The minimum Gasteiger partial charge on any atom is -0.310 e. The van der Waals surface area contributed by atoms with Crippen molar-refractivity contribution in [3.63, 3.8) is 0 Å². The molecule has 1 unspecified atom stereocenters. The molecule has 0 heterocycles. The number of nitrogens with one attached hydrogen (secondary N) is 1. The van der Waals surface area contributed by atoms with E-state index in [0.717, 1.165) is 30.8 Å². The molecule has 4 nitrogen and oxygen atoms in total. The van der Waals surface area contributed by atoms with E-state index in [1.54, 1.807) is 0 Å². The highest BCUT2D eigenvalue weighted by molar-refractivity contribution is 7.88. The molecule has 0 saturated carbocycles. The fraction of sp³-hybridized carbons (Fsp3) is 0.600. The summed E-state index contributed by atoms with van der Waals surface area (Å²) in [5, 5.41) is 4.32. The molecule has 1 aliphatic carbocycles. The zero-order valence-corrected chi connectivity index (χ0v) is 14.2. The topological polar surface area (TPSA) is 49.4 Å². The number of hydrogen-bond donors (Lipinski definition) is 1. The zero-order chi connectivity index (χ0) is 15.5. The van der Waals surface area contributed by atoms with E-state index in [-0.39, 0.29) is 0 Å². The van der Waals surface area contributed by atoms with Gasteiger partial charge in [-0.25, -0.2) is 12.7 Å². The van der Waals surface area contributed by atoms with Crippen molar-refractivity contribution in [3.05, 3.63) is 34.3 Å². The van der Waals surface area contributed by atoms with Gasteiger partial charge in [0, 0.05) is 24.2 Å². The maximum absolute atomic E-state index is 11.5. The Kier molecular flexibility index (Phi) is 5.66. The Morgan fingerprint density at radius 3 is 2.86 bits per heavy atom. The molecule has 1 aromatic rings. The predicted octanol–water partition coefficient (Wildman–Crippen LogP) is 2.59. The van der Waals surface area contributed by atoms with Gasteiger partial charge in [0.05, 0.1) is 6.26 Å². The van der Waals surface area contributed by atoms with Gasteiger partial charge in [-0.05, 0) is 49.1 Å². The van der Waals surface area contributed by atoms with Gasteiger partial charge in [0.25, 0.3) is 0 Å². The largest absolute Gasteiger partial charge is 0.310 e. The molecule has 1 atom stereocenters. The molecule has 21 heavy (non-hydrogen) atoms. The Morgan fingerprint density at radius 2 is 2.19 bits per heavy atom. The Hall–Kier alpha value is -0.620. The number of sulfonamides is 1. The van der Waals surface area contributed by atoms with Gasteiger partial charge in [-0.2, -0.15) is 0 Å². The molecule has 0 radical (unpaired) electrons. The molecule has 1 aliphatic rings. The zero-order valence-electron chi connectivity index (χ0n) is 12.6. The van der Waals surface area contributed by atoms with E-state index in [2.05, 4.69) is 11.4 Å². The van der Waals surface area contributed by atoms with Crippen LogP contribution in [-0.2, 0) is 16.4 Å². The summed E-state index contributed by atoms with van der Waals surface area (Å²) in [7, 11) is -3.08. The van der Waals surface area contributed by atoms with Crippen LogP contribution in [-0.4, -0.2) is 38.6 Å². The van der Waals surface area contributed by atoms with Crippen LogP contribution in [0.2, 0.25) is 5.02 Å². The quantitative estimate of drug-likeness (QED) is 0.782. The van der Waals surface area contributed by atoms with E-state index in [4.69, 9.17) is 11.6 Å². The lowest BCUT2D eigenvalue weighted by atomic mass is 10.1. The number of nitrogens with zero attached hydrogens (tertiary/aromatic N) is 1. The Balaban J connectivity index is 1.81. The lowest BCUT2D eigenvalue weighted by Crippen LogP contribution is -2.32. The fourth-order valence-electron chi connectivity index (χ4n) is 2.89. The first kappa shape index (κ1) is 16.7. The van der Waals surface area contributed by atoms with Crippen LogP contribution in [0.1, 0.15) is 36.9 Å². The highest BCUT2D eigenvalue weighted by atomic mass is 35.5. The molecular weight excluding hydrogens is 308 g/mol. The Morgan fingerprint density at radius 1 is 1.43 bits per heavy atom. The lowest BCUT2D eigenvalue weighted by molar-refractivity contribution is 0.410. The molecule has 2 rings (SSSR count). The summed E-state index contributed by atoms with van der Waals surface area (Å²) >= 11 is 6.01. The van der Waals surface area contributed by atoms with Crippen molar-refractivity contribution in [1.29, 1.82) is 0 Å². The monoisotopic (exact) mass is 330 g/mol. The van der Waals surface area contributed by atoms with E-state index in [0.29, 0.717) is 19.1 Å². The maximum atomic E-state index is 11.5. The van der Waals surface area contributed by atoms with E-state index in [9.17, 15) is 8.42 Å². The first-order valence-electron chi connectivity index (χ1n) is 7.38. The van der Waals surface area contributed by atoms with Crippen LogP contribution in [0, 0.1) is 0 Å². The van der Waals surface area contributed by atoms with Crippen molar-refractivity contribution in [2.45, 2.75) is 32.2 Å². The third-order valence-corrected chi connectivity index (χ3v) is 5.59. The van der Waals surface area contributed by atoms with Crippen LogP contribution >= 0.6 is 11.6 Å².